The Hall–Kier alpha value is -0.870. The van der Waals surface area contributed by atoms with Gasteiger partial charge >= 0.3 is 0 Å². The highest BCUT2D eigenvalue weighted by atomic mass is 79.9. The summed E-state index contributed by atoms with van der Waals surface area (Å²) in [6.07, 6.45) is 1.49. The average Bonchev–Trinajstić information content (AvgIpc) is 2.69. The largest absolute Gasteiger partial charge is 0.356 e. The van der Waals surface area contributed by atoms with E-state index in [1.54, 1.807) is 12.1 Å². The van der Waals surface area contributed by atoms with Crippen molar-refractivity contribution in [3.63, 3.8) is 0 Å². The van der Waals surface area contributed by atoms with Gasteiger partial charge in [0.15, 0.2) is 5.76 Å². The van der Waals surface area contributed by atoms with E-state index in [0.29, 0.717) is 16.9 Å². The lowest BCUT2D eigenvalue weighted by Gasteiger charge is -2.01. The molecule has 0 saturated carbocycles. The van der Waals surface area contributed by atoms with Crippen molar-refractivity contribution in [1.82, 2.24) is 5.16 Å². The number of hydrogen-bond donors (Lipinski definition) is 0. The van der Waals surface area contributed by atoms with Crippen molar-refractivity contribution in [3.05, 3.63) is 40.2 Å². The molecule has 0 atom stereocenters. The standard InChI is InChI=1S/C10H6BrClFNO/c11-7-1-2-9(13)8(3-7)10-6(4-12)5-14-15-10/h1-3,5H,4H2. The molecule has 2 nitrogen and oxygen atoms in total. The van der Waals surface area contributed by atoms with Gasteiger partial charge in [0.25, 0.3) is 0 Å². The number of nitrogens with zero attached hydrogens (tertiary/aromatic N) is 1. The quantitative estimate of drug-likeness (QED) is 0.782. The van der Waals surface area contributed by atoms with Crippen LogP contribution in [0, 0.1) is 5.82 Å². The molecular weight excluding hydrogens is 284 g/mol. The highest BCUT2D eigenvalue weighted by molar-refractivity contribution is 9.10. The predicted octanol–water partition coefficient (Wildman–Crippen LogP) is 3.98. The molecule has 0 aliphatic heterocycles. The summed E-state index contributed by atoms with van der Waals surface area (Å²) in [6, 6.07) is 4.61. The molecule has 5 heteroatoms. The van der Waals surface area contributed by atoms with Crippen LogP contribution in [0.1, 0.15) is 5.56 Å². The number of alkyl halides is 1. The molecule has 0 fully saturated rings. The first-order valence-electron chi connectivity index (χ1n) is 4.17. The van der Waals surface area contributed by atoms with Crippen LogP contribution in [0.2, 0.25) is 0 Å². The van der Waals surface area contributed by atoms with Crippen LogP contribution in [0.5, 0.6) is 0 Å². The molecule has 0 radical (unpaired) electrons. The molecular formula is C10H6BrClFNO. The molecule has 0 saturated heterocycles. The van der Waals surface area contributed by atoms with E-state index < -0.39 is 0 Å². The second kappa shape index (κ2) is 4.33. The molecule has 0 bridgehead atoms. The molecule has 15 heavy (non-hydrogen) atoms. The van der Waals surface area contributed by atoms with Gasteiger partial charge in [-0.1, -0.05) is 21.1 Å². The number of aromatic nitrogens is 1. The first-order valence-corrected chi connectivity index (χ1v) is 5.50. The first-order chi connectivity index (χ1) is 7.22. The summed E-state index contributed by atoms with van der Waals surface area (Å²) in [4.78, 5) is 0. The van der Waals surface area contributed by atoms with Crippen LogP contribution in [0.3, 0.4) is 0 Å². The van der Waals surface area contributed by atoms with E-state index in [0.717, 1.165) is 4.47 Å². The summed E-state index contributed by atoms with van der Waals surface area (Å²) in [5.41, 5.74) is 1.03. The van der Waals surface area contributed by atoms with Crippen LogP contribution >= 0.6 is 27.5 Å². The molecule has 0 amide bonds. The molecule has 0 N–H and O–H groups in total. The molecule has 2 aromatic rings. The predicted molar refractivity (Wildman–Crippen MR) is 59.2 cm³/mol. The van der Waals surface area contributed by atoms with Crippen molar-refractivity contribution >= 4 is 27.5 Å². The minimum absolute atomic E-state index is 0.241. The summed E-state index contributed by atoms with van der Waals surface area (Å²) in [6.45, 7) is 0. The van der Waals surface area contributed by atoms with Gasteiger partial charge < -0.3 is 4.52 Å². The third-order valence-corrected chi connectivity index (χ3v) is 2.74. The molecule has 1 aromatic heterocycles. The Morgan fingerprint density at radius 2 is 2.27 bits per heavy atom. The second-order valence-electron chi connectivity index (χ2n) is 2.94. The average molecular weight is 291 g/mol. The second-order valence-corrected chi connectivity index (χ2v) is 4.12. The van der Waals surface area contributed by atoms with E-state index in [1.165, 1.54) is 12.3 Å². The van der Waals surface area contributed by atoms with Crippen LogP contribution < -0.4 is 0 Å². The Balaban J connectivity index is 2.58. The van der Waals surface area contributed by atoms with Gasteiger partial charge in [-0.3, -0.25) is 0 Å². The van der Waals surface area contributed by atoms with Gasteiger partial charge in [-0.05, 0) is 18.2 Å². The van der Waals surface area contributed by atoms with Gasteiger partial charge in [-0.2, -0.15) is 0 Å². The van der Waals surface area contributed by atoms with Crippen molar-refractivity contribution in [2.45, 2.75) is 5.88 Å². The maximum atomic E-state index is 13.5. The Labute approximate surface area is 99.2 Å². The van der Waals surface area contributed by atoms with E-state index in [2.05, 4.69) is 21.1 Å². The van der Waals surface area contributed by atoms with Crippen molar-refractivity contribution < 1.29 is 8.91 Å². The Kier molecular flexibility index (Phi) is 3.07. The van der Waals surface area contributed by atoms with E-state index in [9.17, 15) is 4.39 Å². The van der Waals surface area contributed by atoms with Crippen molar-refractivity contribution in [3.8, 4) is 11.3 Å². The monoisotopic (exact) mass is 289 g/mol. The van der Waals surface area contributed by atoms with Crippen LogP contribution in [-0.2, 0) is 5.88 Å². The van der Waals surface area contributed by atoms with Crippen LogP contribution in [0.15, 0.2) is 33.4 Å². The number of rotatable bonds is 2. The SMILES string of the molecule is Fc1ccc(Br)cc1-c1oncc1CCl. The van der Waals surface area contributed by atoms with Gasteiger partial charge in [-0.25, -0.2) is 4.39 Å². The lowest BCUT2D eigenvalue weighted by molar-refractivity contribution is 0.429. The lowest BCUT2D eigenvalue weighted by Crippen LogP contribution is -1.85. The highest BCUT2D eigenvalue weighted by Crippen LogP contribution is 2.29. The lowest BCUT2D eigenvalue weighted by atomic mass is 10.1. The third-order valence-electron chi connectivity index (χ3n) is 1.96. The highest BCUT2D eigenvalue weighted by Gasteiger charge is 2.14. The van der Waals surface area contributed by atoms with Crippen LogP contribution in [0.25, 0.3) is 11.3 Å². The third kappa shape index (κ3) is 2.06. The molecule has 0 unspecified atom stereocenters. The zero-order chi connectivity index (χ0) is 10.8. The van der Waals surface area contributed by atoms with E-state index in [4.69, 9.17) is 16.1 Å². The number of benzene rings is 1. The topological polar surface area (TPSA) is 26.0 Å². The summed E-state index contributed by atoms with van der Waals surface area (Å²) in [7, 11) is 0. The summed E-state index contributed by atoms with van der Waals surface area (Å²) < 4.78 is 19.3. The Morgan fingerprint density at radius 3 is 3.00 bits per heavy atom. The smallest absolute Gasteiger partial charge is 0.174 e. The molecule has 1 heterocycles. The molecule has 0 aliphatic rings. The number of halogens is 3. The first kappa shape index (κ1) is 10.6. The fraction of sp³-hybridized carbons (Fsp3) is 0.100. The molecule has 1 aromatic carbocycles. The van der Waals surface area contributed by atoms with E-state index >= 15 is 0 Å². The number of hydrogen-bond acceptors (Lipinski definition) is 2. The van der Waals surface area contributed by atoms with Gasteiger partial charge in [0.1, 0.15) is 5.82 Å². The van der Waals surface area contributed by atoms with E-state index in [-0.39, 0.29) is 11.7 Å². The maximum Gasteiger partial charge on any atom is 0.174 e. The summed E-state index contributed by atoms with van der Waals surface area (Å²) in [5.74, 6) is 0.259. The minimum atomic E-state index is -0.360. The fourth-order valence-electron chi connectivity index (χ4n) is 1.25. The summed E-state index contributed by atoms with van der Waals surface area (Å²) >= 11 is 8.95. The minimum Gasteiger partial charge on any atom is -0.356 e. The van der Waals surface area contributed by atoms with Crippen molar-refractivity contribution in [1.29, 1.82) is 0 Å². The normalized spacial score (nSPS) is 10.6. The van der Waals surface area contributed by atoms with Gasteiger partial charge in [0, 0.05) is 10.0 Å². The fourth-order valence-corrected chi connectivity index (χ4v) is 1.80. The molecule has 2 rings (SSSR count). The Morgan fingerprint density at radius 1 is 1.47 bits per heavy atom. The molecule has 0 aliphatic carbocycles. The maximum absolute atomic E-state index is 13.5. The zero-order valence-electron chi connectivity index (χ0n) is 7.51. The van der Waals surface area contributed by atoms with Gasteiger partial charge in [-0.15, -0.1) is 11.6 Å². The van der Waals surface area contributed by atoms with Crippen LogP contribution in [0.4, 0.5) is 4.39 Å². The zero-order valence-corrected chi connectivity index (χ0v) is 9.85. The van der Waals surface area contributed by atoms with Crippen molar-refractivity contribution in [2.75, 3.05) is 0 Å². The van der Waals surface area contributed by atoms with Crippen molar-refractivity contribution in [2.24, 2.45) is 0 Å². The van der Waals surface area contributed by atoms with Gasteiger partial charge in [0.05, 0.1) is 17.6 Å². The molecule has 78 valence electrons. The Bertz CT molecular complexity index is 486. The van der Waals surface area contributed by atoms with Gasteiger partial charge in [0.2, 0.25) is 0 Å². The summed E-state index contributed by atoms with van der Waals surface area (Å²) in [5, 5.41) is 3.60. The van der Waals surface area contributed by atoms with Crippen LogP contribution in [-0.4, -0.2) is 5.16 Å². The van der Waals surface area contributed by atoms with E-state index in [1.807, 2.05) is 0 Å². The molecule has 0 spiro atoms.